The van der Waals surface area contributed by atoms with E-state index in [0.29, 0.717) is 12.1 Å². The van der Waals surface area contributed by atoms with Crippen LogP contribution in [-0.4, -0.2) is 46.8 Å². The number of piperidine rings is 1. The first-order valence-electron chi connectivity index (χ1n) is 8.75. The van der Waals surface area contributed by atoms with Crippen molar-refractivity contribution in [2.24, 2.45) is 5.92 Å². The van der Waals surface area contributed by atoms with Gasteiger partial charge in [-0.25, -0.2) is 0 Å². The van der Waals surface area contributed by atoms with Crippen LogP contribution in [0.25, 0.3) is 0 Å². The van der Waals surface area contributed by atoms with Crippen LogP contribution in [0.2, 0.25) is 0 Å². The molecule has 2 heterocycles. The van der Waals surface area contributed by atoms with Crippen LogP contribution in [0.15, 0.2) is 0 Å². The Hall–Kier alpha value is -0.960. The van der Waals surface area contributed by atoms with E-state index < -0.39 is 36.6 Å². The Balaban J connectivity index is 1.53. The highest BCUT2D eigenvalue weighted by molar-refractivity contribution is 5.79. The van der Waals surface area contributed by atoms with E-state index in [9.17, 15) is 31.9 Å². The van der Waals surface area contributed by atoms with Gasteiger partial charge in [-0.3, -0.25) is 4.79 Å². The van der Waals surface area contributed by atoms with Crippen molar-refractivity contribution < 1.29 is 31.9 Å². The van der Waals surface area contributed by atoms with Gasteiger partial charge in [0.2, 0.25) is 5.91 Å². The van der Waals surface area contributed by atoms with Gasteiger partial charge >= 0.3 is 12.1 Å². The Morgan fingerprint density at radius 2 is 1.52 bits per heavy atom. The lowest BCUT2D eigenvalue weighted by atomic mass is 9.77. The SMILES string of the molecule is O=C(NC1CCC(O)(C(F)(F)C(F)(F)F)CC1)C1CC2CCC(C1)N2. The summed E-state index contributed by atoms with van der Waals surface area (Å²) >= 11 is 0. The van der Waals surface area contributed by atoms with Crippen LogP contribution in [0.5, 0.6) is 0 Å². The molecule has 1 saturated carbocycles. The molecule has 25 heavy (non-hydrogen) atoms. The van der Waals surface area contributed by atoms with Crippen LogP contribution in [0, 0.1) is 5.92 Å². The first-order chi connectivity index (χ1) is 11.5. The lowest BCUT2D eigenvalue weighted by molar-refractivity contribution is -0.347. The number of nitrogens with one attached hydrogen (secondary N) is 2. The topological polar surface area (TPSA) is 61.4 Å². The zero-order valence-electron chi connectivity index (χ0n) is 13.7. The summed E-state index contributed by atoms with van der Waals surface area (Å²) in [5.41, 5.74) is -3.10. The Morgan fingerprint density at radius 1 is 1.00 bits per heavy atom. The second kappa shape index (κ2) is 6.33. The fraction of sp³-hybridized carbons (Fsp3) is 0.938. The van der Waals surface area contributed by atoms with E-state index in [4.69, 9.17) is 0 Å². The number of fused-ring (bicyclic) bond motifs is 2. The van der Waals surface area contributed by atoms with Crippen molar-refractivity contribution in [3.8, 4) is 0 Å². The molecule has 3 aliphatic rings. The Morgan fingerprint density at radius 3 is 2.00 bits per heavy atom. The van der Waals surface area contributed by atoms with Crippen LogP contribution in [-0.2, 0) is 4.79 Å². The van der Waals surface area contributed by atoms with Crippen molar-refractivity contribution in [2.75, 3.05) is 0 Å². The molecule has 2 unspecified atom stereocenters. The second-order valence-corrected chi connectivity index (χ2v) is 7.69. The first-order valence-corrected chi connectivity index (χ1v) is 8.75. The maximum absolute atomic E-state index is 13.5. The molecule has 0 aromatic carbocycles. The van der Waals surface area contributed by atoms with Crippen LogP contribution >= 0.6 is 0 Å². The molecular weight excluding hydrogens is 347 g/mol. The van der Waals surface area contributed by atoms with Gasteiger partial charge in [0.1, 0.15) is 5.60 Å². The zero-order valence-corrected chi connectivity index (χ0v) is 13.7. The van der Waals surface area contributed by atoms with Gasteiger partial charge in [-0.2, -0.15) is 22.0 Å². The minimum Gasteiger partial charge on any atom is -0.383 e. The summed E-state index contributed by atoms with van der Waals surface area (Å²) in [4.78, 5) is 12.4. The molecule has 2 aliphatic heterocycles. The zero-order chi connectivity index (χ0) is 18.5. The van der Waals surface area contributed by atoms with Gasteiger partial charge < -0.3 is 15.7 Å². The maximum atomic E-state index is 13.5. The third-order valence-corrected chi connectivity index (χ3v) is 5.94. The number of rotatable bonds is 3. The molecule has 144 valence electrons. The number of carbonyl (C=O) groups excluding carboxylic acids is 1. The molecule has 3 N–H and O–H groups in total. The van der Waals surface area contributed by atoms with E-state index in [1.165, 1.54) is 0 Å². The van der Waals surface area contributed by atoms with Crippen molar-refractivity contribution in [2.45, 2.75) is 87.2 Å². The van der Waals surface area contributed by atoms with Crippen molar-refractivity contribution >= 4 is 5.91 Å². The number of halogens is 5. The lowest BCUT2D eigenvalue weighted by Crippen LogP contribution is -2.60. The molecule has 3 fully saturated rings. The second-order valence-electron chi connectivity index (χ2n) is 7.69. The van der Waals surface area contributed by atoms with Crippen molar-refractivity contribution in [3.63, 3.8) is 0 Å². The molecule has 2 bridgehead atoms. The first kappa shape index (κ1) is 18.8. The number of aliphatic hydroxyl groups is 1. The highest BCUT2D eigenvalue weighted by Crippen LogP contribution is 2.49. The Kier molecular flexibility index (Phi) is 4.77. The third kappa shape index (κ3) is 3.49. The summed E-state index contributed by atoms with van der Waals surface area (Å²) in [6, 6.07) is 0.192. The molecule has 9 heteroatoms. The summed E-state index contributed by atoms with van der Waals surface area (Å²) in [6.45, 7) is 0. The molecule has 0 aromatic heterocycles. The van der Waals surface area contributed by atoms with Gasteiger partial charge in [0.25, 0.3) is 0 Å². The van der Waals surface area contributed by atoms with Crippen LogP contribution in [0.3, 0.4) is 0 Å². The predicted molar refractivity (Wildman–Crippen MR) is 79.0 cm³/mol. The fourth-order valence-electron chi connectivity index (χ4n) is 4.41. The van der Waals surface area contributed by atoms with Crippen LogP contribution < -0.4 is 10.6 Å². The molecular formula is C16H23F5N2O2. The molecule has 2 saturated heterocycles. The highest BCUT2D eigenvalue weighted by Gasteiger charge is 2.69. The number of hydrogen-bond donors (Lipinski definition) is 3. The number of amides is 1. The monoisotopic (exact) mass is 370 g/mol. The molecule has 3 rings (SSSR count). The summed E-state index contributed by atoms with van der Waals surface area (Å²) in [5.74, 6) is -5.45. The minimum absolute atomic E-state index is 0.0915. The van der Waals surface area contributed by atoms with E-state index in [2.05, 4.69) is 10.6 Å². The summed E-state index contributed by atoms with van der Waals surface area (Å²) in [7, 11) is 0. The average Bonchev–Trinajstić information content (AvgIpc) is 2.86. The molecule has 4 nitrogen and oxygen atoms in total. The smallest absolute Gasteiger partial charge is 0.383 e. The number of alkyl halides is 5. The van der Waals surface area contributed by atoms with Gasteiger partial charge in [0, 0.05) is 24.0 Å². The average molecular weight is 370 g/mol. The summed E-state index contributed by atoms with van der Waals surface area (Å²) in [6.07, 6.45) is -3.82. The van der Waals surface area contributed by atoms with Gasteiger partial charge in [-0.15, -0.1) is 0 Å². The fourth-order valence-corrected chi connectivity index (χ4v) is 4.41. The summed E-state index contributed by atoms with van der Waals surface area (Å²) in [5, 5.41) is 16.0. The maximum Gasteiger partial charge on any atom is 0.456 e. The van der Waals surface area contributed by atoms with Crippen molar-refractivity contribution in [1.29, 1.82) is 0 Å². The molecule has 2 atom stereocenters. The van der Waals surface area contributed by atoms with E-state index in [1.807, 2.05) is 0 Å². The van der Waals surface area contributed by atoms with E-state index in [-0.39, 0.29) is 24.7 Å². The molecule has 0 radical (unpaired) electrons. The highest BCUT2D eigenvalue weighted by atomic mass is 19.4. The quantitative estimate of drug-likeness (QED) is 0.669. The Labute approximate surface area is 142 Å². The van der Waals surface area contributed by atoms with Crippen molar-refractivity contribution in [1.82, 2.24) is 10.6 Å². The van der Waals surface area contributed by atoms with E-state index >= 15 is 0 Å². The molecule has 0 aromatic rings. The van der Waals surface area contributed by atoms with Gasteiger partial charge in [0.05, 0.1) is 0 Å². The van der Waals surface area contributed by atoms with Crippen molar-refractivity contribution in [3.05, 3.63) is 0 Å². The number of hydrogen-bond acceptors (Lipinski definition) is 3. The lowest BCUT2D eigenvalue weighted by Gasteiger charge is -2.42. The van der Waals surface area contributed by atoms with Gasteiger partial charge in [-0.05, 0) is 51.4 Å². The van der Waals surface area contributed by atoms with Gasteiger partial charge in [-0.1, -0.05) is 0 Å². The molecule has 1 amide bonds. The standard InChI is InChI=1S/C16H23F5N2O2/c17-15(18,16(19,20)21)14(25)5-3-10(4-6-14)23-13(24)9-7-11-1-2-12(8-9)22-11/h9-12,22,25H,1-8H2,(H,23,24). The molecule has 0 spiro atoms. The van der Waals surface area contributed by atoms with E-state index in [0.717, 1.165) is 25.7 Å². The number of carbonyl (C=O) groups is 1. The van der Waals surface area contributed by atoms with Gasteiger partial charge in [0.15, 0.2) is 0 Å². The normalized spacial score (nSPS) is 39.3. The van der Waals surface area contributed by atoms with E-state index in [1.54, 1.807) is 0 Å². The largest absolute Gasteiger partial charge is 0.456 e. The third-order valence-electron chi connectivity index (χ3n) is 5.94. The Bertz CT molecular complexity index is 505. The predicted octanol–water partition coefficient (Wildman–Crippen LogP) is 2.50. The minimum atomic E-state index is -5.79. The molecule has 1 aliphatic carbocycles. The van der Waals surface area contributed by atoms with Crippen LogP contribution in [0.4, 0.5) is 22.0 Å². The van der Waals surface area contributed by atoms with Crippen LogP contribution in [0.1, 0.15) is 51.4 Å². The summed E-state index contributed by atoms with van der Waals surface area (Å²) < 4.78 is 64.5.